The van der Waals surface area contributed by atoms with E-state index in [0.29, 0.717) is 17.4 Å². The summed E-state index contributed by atoms with van der Waals surface area (Å²) in [7, 11) is 0. The molecular weight excluding hydrogens is 364 g/mol. The Morgan fingerprint density at radius 1 is 1.07 bits per heavy atom. The van der Waals surface area contributed by atoms with Crippen molar-refractivity contribution in [2.24, 2.45) is 0 Å². The average Bonchev–Trinajstić information content (AvgIpc) is 3.09. The molecule has 1 aliphatic carbocycles. The van der Waals surface area contributed by atoms with Crippen molar-refractivity contribution in [3.8, 4) is 23.0 Å². The summed E-state index contributed by atoms with van der Waals surface area (Å²) in [5, 5.41) is 2.63. The van der Waals surface area contributed by atoms with Gasteiger partial charge in [0, 0.05) is 29.4 Å². The zero-order valence-electron chi connectivity index (χ0n) is 15.6. The highest BCUT2D eigenvalue weighted by atomic mass is 16.5. The van der Waals surface area contributed by atoms with E-state index in [9.17, 15) is 9.59 Å². The number of aldehydes is 1. The number of carbonyl (C=O) groups is 2. The minimum atomic E-state index is -0.513. The van der Waals surface area contributed by atoms with Crippen molar-refractivity contribution in [3.63, 3.8) is 0 Å². The van der Waals surface area contributed by atoms with E-state index in [0.717, 1.165) is 0 Å². The third-order valence-electron chi connectivity index (χ3n) is 4.79. The second-order valence-electron chi connectivity index (χ2n) is 6.61. The number of aromatic nitrogens is 1. The van der Waals surface area contributed by atoms with E-state index >= 15 is 0 Å². The van der Waals surface area contributed by atoms with Crippen LogP contribution in [0.5, 0.6) is 0 Å². The first-order valence-electron chi connectivity index (χ1n) is 9.24. The third-order valence-corrected chi connectivity index (χ3v) is 4.79. The van der Waals surface area contributed by atoms with Crippen LogP contribution in [0.4, 0.5) is 4.79 Å². The molecule has 29 heavy (non-hydrogen) atoms. The molecule has 142 valence electrons. The van der Waals surface area contributed by atoms with Crippen LogP contribution in [-0.4, -0.2) is 30.5 Å². The minimum Gasteiger partial charge on any atom is -0.449 e. The van der Waals surface area contributed by atoms with Crippen molar-refractivity contribution in [2.45, 2.75) is 5.92 Å². The molecule has 0 radical (unpaired) electrons. The molecule has 5 heteroatoms. The number of pyridine rings is 1. The number of hydrogen-bond donors (Lipinski definition) is 1. The molecule has 1 amide bonds. The monoisotopic (exact) mass is 382 g/mol. The van der Waals surface area contributed by atoms with Crippen molar-refractivity contribution < 1.29 is 14.3 Å². The van der Waals surface area contributed by atoms with Crippen molar-refractivity contribution in [3.05, 3.63) is 89.2 Å². The molecule has 0 bridgehead atoms. The number of hydrogen-bond acceptors (Lipinski definition) is 4. The fourth-order valence-electron chi connectivity index (χ4n) is 3.50. The van der Waals surface area contributed by atoms with Crippen LogP contribution in [0, 0.1) is 11.8 Å². The van der Waals surface area contributed by atoms with Crippen LogP contribution in [0.1, 0.15) is 33.0 Å². The second-order valence-corrected chi connectivity index (χ2v) is 6.61. The van der Waals surface area contributed by atoms with Crippen molar-refractivity contribution in [1.82, 2.24) is 10.3 Å². The molecule has 5 nitrogen and oxygen atoms in total. The maximum absolute atomic E-state index is 12.1. The molecule has 0 unspecified atom stereocenters. The lowest BCUT2D eigenvalue weighted by Crippen LogP contribution is -2.26. The number of rotatable bonds is 4. The van der Waals surface area contributed by atoms with E-state index in [4.69, 9.17) is 4.74 Å². The molecule has 1 aliphatic rings. The summed E-state index contributed by atoms with van der Waals surface area (Å²) in [6.07, 6.45) is 3.23. The van der Waals surface area contributed by atoms with Crippen molar-refractivity contribution in [2.75, 3.05) is 13.2 Å². The van der Waals surface area contributed by atoms with Crippen molar-refractivity contribution >= 4 is 12.4 Å². The lowest BCUT2D eigenvalue weighted by Gasteiger charge is -2.14. The zero-order valence-corrected chi connectivity index (χ0v) is 15.6. The van der Waals surface area contributed by atoms with Crippen LogP contribution in [-0.2, 0) is 4.74 Å². The summed E-state index contributed by atoms with van der Waals surface area (Å²) in [5.74, 6) is 5.71. The first-order chi connectivity index (χ1) is 14.3. The fraction of sp³-hybridized carbons (Fsp3) is 0.125. The Morgan fingerprint density at radius 3 is 2.45 bits per heavy atom. The van der Waals surface area contributed by atoms with Gasteiger partial charge in [0.25, 0.3) is 0 Å². The number of amides is 1. The summed E-state index contributed by atoms with van der Waals surface area (Å²) in [5.41, 5.74) is 5.79. The van der Waals surface area contributed by atoms with Crippen LogP contribution in [0.2, 0.25) is 0 Å². The van der Waals surface area contributed by atoms with Gasteiger partial charge in [-0.25, -0.2) is 4.79 Å². The van der Waals surface area contributed by atoms with Gasteiger partial charge in [-0.15, -0.1) is 0 Å². The normalized spacial score (nSPS) is 11.6. The lowest BCUT2D eigenvalue weighted by molar-refractivity contribution is 0.112. The predicted octanol–water partition coefficient (Wildman–Crippen LogP) is 3.78. The van der Waals surface area contributed by atoms with Crippen LogP contribution in [0.3, 0.4) is 0 Å². The van der Waals surface area contributed by atoms with Gasteiger partial charge in [-0.05, 0) is 28.3 Å². The molecule has 0 atom stereocenters. The van der Waals surface area contributed by atoms with Gasteiger partial charge in [-0.3, -0.25) is 9.78 Å². The second kappa shape index (κ2) is 8.41. The summed E-state index contributed by atoms with van der Waals surface area (Å²) in [6.45, 7) is 0.403. The van der Waals surface area contributed by atoms with Crippen LogP contribution in [0.25, 0.3) is 11.1 Å². The fourth-order valence-corrected chi connectivity index (χ4v) is 3.50. The van der Waals surface area contributed by atoms with E-state index < -0.39 is 6.09 Å². The molecule has 0 aliphatic heterocycles. The molecule has 4 rings (SSSR count). The molecule has 0 fully saturated rings. The lowest BCUT2D eigenvalue weighted by atomic mass is 9.98. The highest BCUT2D eigenvalue weighted by molar-refractivity contribution is 5.79. The van der Waals surface area contributed by atoms with E-state index in [2.05, 4.69) is 46.4 Å². The molecule has 3 aromatic rings. The standard InChI is InChI=1S/C24H18N2O3/c27-15-18-12-17(13-25-14-18)6-5-11-26-24(28)29-16-23-21-9-3-1-7-19(21)20-8-2-4-10-22(20)23/h1-4,7-10,12-15,23H,11,16H2,(H,26,28). The molecule has 2 aromatic carbocycles. The Hall–Kier alpha value is -3.91. The Labute approximate surface area is 168 Å². The van der Waals surface area contributed by atoms with E-state index in [1.807, 2.05) is 24.3 Å². The van der Waals surface area contributed by atoms with Gasteiger partial charge < -0.3 is 10.1 Å². The molecule has 1 aromatic heterocycles. The molecule has 0 saturated heterocycles. The largest absolute Gasteiger partial charge is 0.449 e. The Kier molecular flexibility index (Phi) is 5.35. The first-order valence-corrected chi connectivity index (χ1v) is 9.24. The maximum Gasteiger partial charge on any atom is 0.407 e. The van der Waals surface area contributed by atoms with E-state index in [-0.39, 0.29) is 19.1 Å². The number of carbonyl (C=O) groups excluding carboxylic acids is 2. The number of fused-ring (bicyclic) bond motifs is 3. The molecule has 1 heterocycles. The number of nitrogens with one attached hydrogen (secondary N) is 1. The van der Waals surface area contributed by atoms with E-state index in [1.54, 1.807) is 12.3 Å². The van der Waals surface area contributed by atoms with Gasteiger partial charge in [0.15, 0.2) is 6.29 Å². The van der Waals surface area contributed by atoms with Gasteiger partial charge in [0.1, 0.15) is 6.61 Å². The smallest absolute Gasteiger partial charge is 0.407 e. The van der Waals surface area contributed by atoms with Gasteiger partial charge in [-0.1, -0.05) is 60.4 Å². The number of alkyl carbamates (subject to hydrolysis) is 1. The SMILES string of the molecule is O=Cc1cncc(C#CCNC(=O)OCC2c3ccccc3-c3ccccc32)c1. The Balaban J connectivity index is 1.35. The Bertz CT molecular complexity index is 1080. The molecule has 0 saturated carbocycles. The average molecular weight is 382 g/mol. The van der Waals surface area contributed by atoms with Gasteiger partial charge >= 0.3 is 6.09 Å². The topological polar surface area (TPSA) is 68.3 Å². The Morgan fingerprint density at radius 2 is 1.76 bits per heavy atom. The number of nitrogens with zero attached hydrogens (tertiary/aromatic N) is 1. The summed E-state index contributed by atoms with van der Waals surface area (Å²) < 4.78 is 5.45. The minimum absolute atomic E-state index is 0.0244. The maximum atomic E-state index is 12.1. The van der Waals surface area contributed by atoms with Crippen molar-refractivity contribution in [1.29, 1.82) is 0 Å². The zero-order chi connectivity index (χ0) is 20.1. The summed E-state index contributed by atoms with van der Waals surface area (Å²) in [6, 6.07) is 18.0. The van der Waals surface area contributed by atoms with Gasteiger partial charge in [-0.2, -0.15) is 0 Å². The third kappa shape index (κ3) is 4.02. The first kappa shape index (κ1) is 18.5. The molecule has 0 spiro atoms. The number of ether oxygens (including phenoxy) is 1. The molecular formula is C24H18N2O3. The summed E-state index contributed by atoms with van der Waals surface area (Å²) >= 11 is 0. The molecule has 1 N–H and O–H groups in total. The van der Waals surface area contributed by atoms with Crippen LogP contribution >= 0.6 is 0 Å². The van der Waals surface area contributed by atoms with Gasteiger partial charge in [0.05, 0.1) is 6.54 Å². The van der Waals surface area contributed by atoms with Crippen LogP contribution in [0.15, 0.2) is 67.0 Å². The van der Waals surface area contributed by atoms with Crippen LogP contribution < -0.4 is 5.32 Å². The quantitative estimate of drug-likeness (QED) is 0.551. The van der Waals surface area contributed by atoms with Gasteiger partial charge in [0.2, 0.25) is 0 Å². The highest BCUT2D eigenvalue weighted by Crippen LogP contribution is 2.44. The van der Waals surface area contributed by atoms with E-state index in [1.165, 1.54) is 28.5 Å². The highest BCUT2D eigenvalue weighted by Gasteiger charge is 2.28. The number of benzene rings is 2. The summed E-state index contributed by atoms with van der Waals surface area (Å²) in [4.78, 5) is 26.8. The predicted molar refractivity (Wildman–Crippen MR) is 110 cm³/mol.